The summed E-state index contributed by atoms with van der Waals surface area (Å²) in [5.41, 5.74) is 3.17. The van der Waals surface area contributed by atoms with Crippen LogP contribution in [0.5, 0.6) is 0 Å². The molecule has 0 aliphatic heterocycles. The highest BCUT2D eigenvalue weighted by Gasteiger charge is 2.38. The summed E-state index contributed by atoms with van der Waals surface area (Å²) in [6, 6.07) is 28.5. The second kappa shape index (κ2) is 15.7. The van der Waals surface area contributed by atoms with Gasteiger partial charge in [0, 0.05) is 5.41 Å². The summed E-state index contributed by atoms with van der Waals surface area (Å²) in [6.07, 6.45) is 0.269. The number of esters is 4. The van der Waals surface area contributed by atoms with E-state index in [1.807, 2.05) is 24.3 Å². The van der Waals surface area contributed by atoms with Gasteiger partial charge in [0.05, 0.1) is 48.7 Å². The van der Waals surface area contributed by atoms with Crippen LogP contribution in [0.15, 0.2) is 97.1 Å². The van der Waals surface area contributed by atoms with Gasteiger partial charge in [-0.05, 0) is 105 Å². The predicted molar refractivity (Wildman–Crippen MR) is 173 cm³/mol. The fourth-order valence-corrected chi connectivity index (χ4v) is 5.51. The molecule has 0 aliphatic rings. The van der Waals surface area contributed by atoms with E-state index in [1.54, 1.807) is 100 Å². The van der Waals surface area contributed by atoms with Crippen molar-refractivity contribution >= 4 is 23.9 Å². The first-order chi connectivity index (χ1) is 22.3. The molecule has 0 bridgehead atoms. The van der Waals surface area contributed by atoms with E-state index in [0.29, 0.717) is 38.9 Å². The molecule has 0 heterocycles. The maximum atomic E-state index is 13.0. The Morgan fingerprint density at radius 3 is 1.09 bits per heavy atom. The molecule has 8 heteroatoms. The van der Waals surface area contributed by atoms with Crippen molar-refractivity contribution in [3.8, 4) is 0 Å². The van der Waals surface area contributed by atoms with Crippen molar-refractivity contribution in [2.75, 3.05) is 26.4 Å². The number of carbonyl (C=O) groups excluding carboxylic acids is 4. The minimum Gasteiger partial charge on any atom is -0.462 e. The van der Waals surface area contributed by atoms with E-state index >= 15 is 0 Å². The fourth-order valence-electron chi connectivity index (χ4n) is 5.51. The molecule has 4 rings (SSSR count). The van der Waals surface area contributed by atoms with Crippen molar-refractivity contribution in [2.24, 2.45) is 0 Å². The second-order valence-electron chi connectivity index (χ2n) is 10.4. The van der Waals surface area contributed by atoms with Crippen LogP contribution in [0.1, 0.15) is 91.4 Å². The second-order valence-corrected chi connectivity index (χ2v) is 10.4. The van der Waals surface area contributed by atoms with Gasteiger partial charge in [0.15, 0.2) is 0 Å². The van der Waals surface area contributed by atoms with Crippen LogP contribution in [0.2, 0.25) is 0 Å². The molecule has 46 heavy (non-hydrogen) atoms. The lowest BCUT2D eigenvalue weighted by Gasteiger charge is -2.37. The Morgan fingerprint density at radius 1 is 0.457 bits per heavy atom. The summed E-state index contributed by atoms with van der Waals surface area (Å²) in [5, 5.41) is 0. The van der Waals surface area contributed by atoms with Crippen molar-refractivity contribution in [3.05, 3.63) is 142 Å². The first-order valence-corrected chi connectivity index (χ1v) is 15.4. The topological polar surface area (TPSA) is 105 Å². The van der Waals surface area contributed by atoms with Gasteiger partial charge >= 0.3 is 23.9 Å². The van der Waals surface area contributed by atoms with Crippen molar-refractivity contribution in [1.82, 2.24) is 0 Å². The van der Waals surface area contributed by atoms with Crippen LogP contribution in [0.25, 0.3) is 0 Å². The molecule has 0 aliphatic carbocycles. The van der Waals surface area contributed by atoms with Gasteiger partial charge in [0.1, 0.15) is 0 Å². The Bertz CT molecular complexity index is 1560. The zero-order chi connectivity index (χ0) is 33.1. The van der Waals surface area contributed by atoms with E-state index in [-0.39, 0.29) is 32.8 Å². The molecule has 0 radical (unpaired) electrons. The Morgan fingerprint density at radius 2 is 0.761 bits per heavy atom. The number of carbonyl (C=O) groups is 4. The molecular formula is C38H38O8. The lowest BCUT2D eigenvalue weighted by atomic mass is 9.65. The van der Waals surface area contributed by atoms with E-state index in [2.05, 4.69) is 0 Å². The van der Waals surface area contributed by atoms with Crippen LogP contribution in [0.4, 0.5) is 0 Å². The highest BCUT2D eigenvalue weighted by atomic mass is 16.5. The summed E-state index contributed by atoms with van der Waals surface area (Å²) in [4.78, 5) is 51.7. The summed E-state index contributed by atoms with van der Waals surface area (Å²) < 4.78 is 21.3. The third-order valence-electron chi connectivity index (χ3n) is 7.51. The number of ether oxygens (including phenoxy) is 4. The lowest BCUT2D eigenvalue weighted by molar-refractivity contribution is 0.0516. The van der Waals surface area contributed by atoms with Crippen LogP contribution in [-0.4, -0.2) is 50.3 Å². The van der Waals surface area contributed by atoms with Gasteiger partial charge < -0.3 is 18.9 Å². The smallest absolute Gasteiger partial charge is 0.338 e. The first-order valence-electron chi connectivity index (χ1n) is 15.4. The maximum absolute atomic E-state index is 13.0. The molecule has 0 amide bonds. The van der Waals surface area contributed by atoms with Crippen molar-refractivity contribution in [2.45, 2.75) is 39.5 Å². The molecule has 0 unspecified atom stereocenters. The molecule has 8 nitrogen and oxygen atoms in total. The maximum Gasteiger partial charge on any atom is 0.338 e. The van der Waals surface area contributed by atoms with Gasteiger partial charge in [-0.25, -0.2) is 19.2 Å². The molecule has 0 N–H and O–H groups in total. The quantitative estimate of drug-likeness (QED) is 0.0895. The van der Waals surface area contributed by atoms with Gasteiger partial charge in [-0.2, -0.15) is 0 Å². The summed E-state index contributed by atoms with van der Waals surface area (Å²) in [7, 11) is 0. The van der Waals surface area contributed by atoms with E-state index in [4.69, 9.17) is 18.9 Å². The molecule has 0 atom stereocenters. The minimum absolute atomic E-state index is 0.206. The van der Waals surface area contributed by atoms with E-state index < -0.39 is 29.3 Å². The lowest BCUT2D eigenvalue weighted by Crippen LogP contribution is -2.33. The number of hydrogen-bond donors (Lipinski definition) is 0. The molecule has 0 spiro atoms. The Hall–Kier alpha value is -5.24. The van der Waals surface area contributed by atoms with Crippen LogP contribution in [0, 0.1) is 0 Å². The highest BCUT2D eigenvalue weighted by molar-refractivity contribution is 5.92. The molecule has 4 aromatic rings. The van der Waals surface area contributed by atoms with Gasteiger partial charge in [-0.1, -0.05) is 48.5 Å². The van der Waals surface area contributed by atoms with Crippen LogP contribution >= 0.6 is 0 Å². The zero-order valence-electron chi connectivity index (χ0n) is 26.5. The zero-order valence-corrected chi connectivity index (χ0v) is 26.5. The predicted octanol–water partition coefficient (Wildman–Crippen LogP) is 6.97. The number of hydrogen-bond acceptors (Lipinski definition) is 8. The largest absolute Gasteiger partial charge is 0.462 e. The summed E-state index contributed by atoms with van der Waals surface area (Å²) >= 11 is 0. The van der Waals surface area contributed by atoms with E-state index in [1.165, 1.54) is 0 Å². The molecule has 0 fully saturated rings. The van der Waals surface area contributed by atoms with Gasteiger partial charge in [0.2, 0.25) is 0 Å². The van der Waals surface area contributed by atoms with Crippen LogP contribution in [0.3, 0.4) is 0 Å². The van der Waals surface area contributed by atoms with Crippen molar-refractivity contribution in [1.29, 1.82) is 0 Å². The van der Waals surface area contributed by atoms with Crippen LogP contribution < -0.4 is 0 Å². The van der Waals surface area contributed by atoms with Crippen molar-refractivity contribution < 1.29 is 38.1 Å². The average molecular weight is 623 g/mol. The van der Waals surface area contributed by atoms with Crippen molar-refractivity contribution in [3.63, 3.8) is 0 Å². The minimum atomic E-state index is -1.10. The molecule has 0 aromatic heterocycles. The molecule has 4 aromatic carbocycles. The molecular weight excluding hydrogens is 584 g/mol. The van der Waals surface area contributed by atoms with Gasteiger partial charge in [-0.15, -0.1) is 0 Å². The number of rotatable bonds is 13. The normalized spacial score (nSPS) is 11.0. The van der Waals surface area contributed by atoms with Crippen LogP contribution in [-0.2, 0) is 30.8 Å². The fraction of sp³-hybridized carbons (Fsp3) is 0.263. The molecule has 0 saturated carbocycles. The SMILES string of the molecule is CCOC(=O)c1cccc(CC(c2cccc(C(=O)OCC)c2)(c2cccc(C(=O)OCC)c2)c2cccc(C(=O)OCC)c2)c1. The monoisotopic (exact) mass is 622 g/mol. The Balaban J connectivity index is 2.08. The Labute approximate surface area is 269 Å². The summed E-state index contributed by atoms with van der Waals surface area (Å²) in [5.74, 6) is -1.90. The number of benzene rings is 4. The first kappa shape index (κ1) is 33.6. The van der Waals surface area contributed by atoms with Gasteiger partial charge in [-0.3, -0.25) is 0 Å². The molecule has 238 valence electrons. The highest BCUT2D eigenvalue weighted by Crippen LogP contribution is 2.43. The van der Waals surface area contributed by atoms with E-state index in [9.17, 15) is 19.2 Å². The van der Waals surface area contributed by atoms with E-state index in [0.717, 1.165) is 5.56 Å². The third kappa shape index (κ3) is 7.51. The molecule has 0 saturated heterocycles. The standard InChI is InChI=1S/C38H38O8/c1-5-43-34(39)27-14-9-13-26(21-27)25-38(31-18-10-15-28(22-31)35(40)44-6-2,32-19-11-16-29(23-32)36(41)45-7-3)33-20-12-17-30(24-33)37(42)46-8-4/h9-24H,5-8,25H2,1-4H3. The average Bonchev–Trinajstić information content (AvgIpc) is 3.08. The third-order valence-corrected chi connectivity index (χ3v) is 7.51. The van der Waals surface area contributed by atoms with Gasteiger partial charge in [0.25, 0.3) is 0 Å². The summed E-state index contributed by atoms with van der Waals surface area (Å²) in [6.45, 7) is 7.82. The Kier molecular flexibility index (Phi) is 11.5.